The van der Waals surface area contributed by atoms with E-state index in [1.54, 1.807) is 29.4 Å². The highest BCUT2D eigenvalue weighted by molar-refractivity contribution is 7.11. The molecule has 2 aromatic rings. The number of aryl methyl sites for hydroxylation is 3. The first-order valence-electron chi connectivity index (χ1n) is 8.11. The van der Waals surface area contributed by atoms with Gasteiger partial charge in [0.15, 0.2) is 0 Å². The van der Waals surface area contributed by atoms with Crippen molar-refractivity contribution in [2.75, 3.05) is 7.05 Å². The summed E-state index contributed by atoms with van der Waals surface area (Å²) in [5.74, 6) is -0.415. The Morgan fingerprint density at radius 2 is 1.96 bits per heavy atom. The summed E-state index contributed by atoms with van der Waals surface area (Å²) in [6, 6.07) is 5.74. The monoisotopic (exact) mass is 386 g/mol. The quantitative estimate of drug-likeness (QED) is 0.715. The smallest absolute Gasteiger partial charge is 0.406 e. The highest BCUT2D eigenvalue weighted by atomic mass is 32.1. The highest BCUT2D eigenvalue weighted by Crippen LogP contribution is 2.30. The van der Waals surface area contributed by atoms with Gasteiger partial charge in [0, 0.05) is 18.3 Å². The van der Waals surface area contributed by atoms with Gasteiger partial charge < -0.3 is 9.64 Å². The number of hydrogen-bond donors (Lipinski definition) is 0. The summed E-state index contributed by atoms with van der Waals surface area (Å²) in [7, 11) is 1.69. The molecule has 0 spiro atoms. The summed E-state index contributed by atoms with van der Waals surface area (Å²) in [6.45, 7) is 5.73. The molecule has 0 aliphatic heterocycles. The van der Waals surface area contributed by atoms with E-state index < -0.39 is 6.36 Å². The molecule has 26 heavy (non-hydrogen) atoms. The van der Waals surface area contributed by atoms with Crippen LogP contribution in [0.25, 0.3) is 0 Å². The molecule has 0 radical (unpaired) electrons. The number of halogens is 3. The zero-order valence-corrected chi connectivity index (χ0v) is 15.9. The van der Waals surface area contributed by atoms with E-state index in [2.05, 4.69) is 9.72 Å². The fourth-order valence-electron chi connectivity index (χ4n) is 2.68. The Morgan fingerprint density at radius 1 is 1.31 bits per heavy atom. The van der Waals surface area contributed by atoms with Crippen molar-refractivity contribution < 1.29 is 22.7 Å². The van der Waals surface area contributed by atoms with Gasteiger partial charge >= 0.3 is 6.36 Å². The Labute approximate surface area is 154 Å². The fourth-order valence-corrected chi connectivity index (χ4v) is 3.70. The number of carbonyl (C=O) groups excluding carboxylic acids is 1. The maximum absolute atomic E-state index is 12.5. The average molecular weight is 386 g/mol. The number of para-hydroxylation sites is 1. The van der Waals surface area contributed by atoms with Crippen molar-refractivity contribution >= 4 is 17.2 Å². The van der Waals surface area contributed by atoms with E-state index in [0.29, 0.717) is 5.56 Å². The number of ether oxygens (including phenoxy) is 1. The second kappa shape index (κ2) is 8.07. The Hall–Kier alpha value is -2.09. The van der Waals surface area contributed by atoms with Gasteiger partial charge in [0.2, 0.25) is 5.91 Å². The third kappa shape index (κ3) is 5.20. The van der Waals surface area contributed by atoms with Gasteiger partial charge in [-0.1, -0.05) is 18.2 Å². The zero-order chi connectivity index (χ0) is 19.5. The molecule has 4 nitrogen and oxygen atoms in total. The number of aromatic nitrogens is 1. The van der Waals surface area contributed by atoms with Crippen LogP contribution in [-0.4, -0.2) is 29.2 Å². The van der Waals surface area contributed by atoms with Crippen molar-refractivity contribution in [1.29, 1.82) is 0 Å². The molecule has 1 aromatic heterocycles. The maximum Gasteiger partial charge on any atom is 0.573 e. The van der Waals surface area contributed by atoms with E-state index >= 15 is 0 Å². The van der Waals surface area contributed by atoms with E-state index in [0.717, 1.165) is 15.6 Å². The second-order valence-corrected chi connectivity index (χ2v) is 7.25. The molecule has 0 saturated carbocycles. The van der Waals surface area contributed by atoms with Crippen LogP contribution in [0, 0.1) is 13.8 Å². The first-order chi connectivity index (χ1) is 12.1. The van der Waals surface area contributed by atoms with Crippen LogP contribution < -0.4 is 4.74 Å². The van der Waals surface area contributed by atoms with Gasteiger partial charge in [-0.3, -0.25) is 4.79 Å². The van der Waals surface area contributed by atoms with E-state index in [4.69, 9.17) is 0 Å². The number of rotatable bonds is 6. The number of benzene rings is 1. The number of thiazole rings is 1. The Kier molecular flexibility index (Phi) is 6.28. The first-order valence-corrected chi connectivity index (χ1v) is 8.93. The number of carbonyl (C=O) groups is 1. The first kappa shape index (κ1) is 20.2. The third-order valence-electron chi connectivity index (χ3n) is 4.10. The average Bonchev–Trinajstić information content (AvgIpc) is 2.89. The molecule has 1 unspecified atom stereocenters. The largest absolute Gasteiger partial charge is 0.573 e. The van der Waals surface area contributed by atoms with Gasteiger partial charge in [0.05, 0.1) is 16.7 Å². The Morgan fingerprint density at radius 3 is 2.54 bits per heavy atom. The lowest BCUT2D eigenvalue weighted by molar-refractivity contribution is -0.274. The summed E-state index contributed by atoms with van der Waals surface area (Å²) in [6.07, 6.45) is -4.49. The number of alkyl halides is 3. The molecule has 1 atom stereocenters. The van der Waals surface area contributed by atoms with Crippen molar-refractivity contribution in [1.82, 2.24) is 9.88 Å². The van der Waals surface area contributed by atoms with Crippen molar-refractivity contribution in [3.8, 4) is 5.75 Å². The normalized spacial score (nSPS) is 12.7. The maximum atomic E-state index is 12.5. The molecule has 1 amide bonds. The van der Waals surface area contributed by atoms with Crippen molar-refractivity contribution in [3.63, 3.8) is 0 Å². The van der Waals surface area contributed by atoms with Crippen LogP contribution in [0.5, 0.6) is 5.75 Å². The minimum absolute atomic E-state index is 0.0932. The van der Waals surface area contributed by atoms with Crippen LogP contribution >= 0.6 is 11.3 Å². The topological polar surface area (TPSA) is 42.4 Å². The van der Waals surface area contributed by atoms with Gasteiger partial charge in [0.25, 0.3) is 0 Å². The van der Waals surface area contributed by atoms with Gasteiger partial charge in [-0.05, 0) is 38.8 Å². The predicted octanol–water partition coefficient (Wildman–Crippen LogP) is 4.81. The lowest BCUT2D eigenvalue weighted by Crippen LogP contribution is -2.29. The van der Waals surface area contributed by atoms with Gasteiger partial charge in [-0.15, -0.1) is 24.5 Å². The van der Waals surface area contributed by atoms with Crippen LogP contribution in [0.3, 0.4) is 0 Å². The second-order valence-electron chi connectivity index (χ2n) is 6.02. The molecule has 142 valence electrons. The highest BCUT2D eigenvalue weighted by Gasteiger charge is 2.32. The molecule has 0 N–H and O–H groups in total. The number of nitrogens with zero attached hydrogens (tertiary/aromatic N) is 2. The zero-order valence-electron chi connectivity index (χ0n) is 15.1. The third-order valence-corrected chi connectivity index (χ3v) is 5.34. The molecular weight excluding hydrogens is 365 g/mol. The van der Waals surface area contributed by atoms with Crippen LogP contribution in [0.15, 0.2) is 24.3 Å². The molecular formula is C18H21F3N2O2S. The fraction of sp³-hybridized carbons (Fsp3) is 0.444. The van der Waals surface area contributed by atoms with E-state index in [9.17, 15) is 18.0 Å². The lowest BCUT2D eigenvalue weighted by atomic mass is 10.1. The summed E-state index contributed by atoms with van der Waals surface area (Å²) >= 11 is 1.54. The Bertz CT molecular complexity index is 774. The number of hydrogen-bond acceptors (Lipinski definition) is 4. The molecule has 2 rings (SSSR count). The molecule has 0 fully saturated rings. The molecule has 8 heteroatoms. The summed E-state index contributed by atoms with van der Waals surface area (Å²) in [4.78, 5) is 19.5. The standard InChI is InChI=1S/C18H21F3N2O2S/c1-11-17(26-13(3)22-11)12(2)23(4)16(24)10-9-14-7-5-6-8-15(14)25-18(19,20)21/h5-8,12H,9-10H2,1-4H3. The lowest BCUT2D eigenvalue weighted by Gasteiger charge is -2.24. The van der Waals surface area contributed by atoms with E-state index in [1.807, 2.05) is 20.8 Å². The van der Waals surface area contributed by atoms with Gasteiger partial charge in [-0.25, -0.2) is 4.98 Å². The molecule has 0 saturated heterocycles. The van der Waals surface area contributed by atoms with Crippen LogP contribution in [-0.2, 0) is 11.2 Å². The van der Waals surface area contributed by atoms with Crippen molar-refractivity contribution in [3.05, 3.63) is 45.4 Å². The van der Waals surface area contributed by atoms with Gasteiger partial charge in [-0.2, -0.15) is 0 Å². The van der Waals surface area contributed by atoms with E-state index in [1.165, 1.54) is 18.2 Å². The predicted molar refractivity (Wildman–Crippen MR) is 94.2 cm³/mol. The summed E-state index contributed by atoms with van der Waals surface area (Å²) < 4.78 is 41.5. The SMILES string of the molecule is Cc1nc(C)c(C(C)N(C)C(=O)CCc2ccccc2OC(F)(F)F)s1. The summed E-state index contributed by atoms with van der Waals surface area (Å²) in [5.41, 5.74) is 1.24. The van der Waals surface area contributed by atoms with Crippen molar-refractivity contribution in [2.45, 2.75) is 46.0 Å². The van der Waals surface area contributed by atoms with Crippen LogP contribution in [0.1, 0.15) is 40.5 Å². The minimum Gasteiger partial charge on any atom is -0.406 e. The molecule has 1 heterocycles. The Balaban J connectivity index is 2.03. The molecule has 1 aromatic carbocycles. The van der Waals surface area contributed by atoms with E-state index in [-0.39, 0.29) is 30.5 Å². The van der Waals surface area contributed by atoms with Gasteiger partial charge in [0.1, 0.15) is 5.75 Å². The molecule has 0 bridgehead atoms. The van der Waals surface area contributed by atoms with Crippen LogP contribution in [0.2, 0.25) is 0 Å². The molecule has 0 aliphatic rings. The number of amides is 1. The summed E-state index contributed by atoms with van der Waals surface area (Å²) in [5, 5.41) is 0.934. The molecule has 0 aliphatic carbocycles. The van der Waals surface area contributed by atoms with Crippen LogP contribution in [0.4, 0.5) is 13.2 Å². The van der Waals surface area contributed by atoms with Crippen molar-refractivity contribution in [2.24, 2.45) is 0 Å². The minimum atomic E-state index is -4.76.